The van der Waals surface area contributed by atoms with Crippen molar-refractivity contribution in [3.8, 4) is 11.5 Å². The Kier molecular flexibility index (Phi) is 2.48. The number of benzene rings is 1. The van der Waals surface area contributed by atoms with Gasteiger partial charge in [0, 0.05) is 23.4 Å². The smallest absolute Gasteiger partial charge is 0.165 e. The van der Waals surface area contributed by atoms with Crippen molar-refractivity contribution in [1.29, 1.82) is 0 Å². The molecule has 4 aliphatic rings. The lowest BCUT2D eigenvalue weighted by Gasteiger charge is -2.55. The third kappa shape index (κ3) is 1.39. The first-order valence-electron chi connectivity index (χ1n) is 8.04. The quantitative estimate of drug-likeness (QED) is 0.662. The van der Waals surface area contributed by atoms with E-state index in [4.69, 9.17) is 9.47 Å². The summed E-state index contributed by atoms with van der Waals surface area (Å²) in [5, 5.41) is 15.4. The molecule has 1 spiro atoms. The molecule has 0 saturated carbocycles. The fraction of sp³-hybridized carbons (Fsp3) is 0.529. The molecule has 5 rings (SSSR count). The fourth-order valence-electron chi connectivity index (χ4n) is 5.29. The highest BCUT2D eigenvalue weighted by atomic mass is 16.5. The van der Waals surface area contributed by atoms with Gasteiger partial charge in [0.2, 0.25) is 0 Å². The van der Waals surface area contributed by atoms with Crippen molar-refractivity contribution in [2.24, 2.45) is 11.2 Å². The summed E-state index contributed by atoms with van der Waals surface area (Å²) < 4.78 is 11.7. The Morgan fingerprint density at radius 1 is 1.43 bits per heavy atom. The minimum Gasteiger partial charge on any atom is -0.493 e. The monoisotopic (exact) mass is 314 g/mol. The highest BCUT2D eigenvalue weighted by Gasteiger charge is 2.64. The molecule has 1 saturated heterocycles. The number of ether oxygens (including phenoxy) is 2. The van der Waals surface area contributed by atoms with Crippen molar-refractivity contribution in [2.75, 3.05) is 13.7 Å². The zero-order chi connectivity index (χ0) is 15.8. The van der Waals surface area contributed by atoms with E-state index in [2.05, 4.69) is 17.4 Å². The predicted octanol–water partition coefficient (Wildman–Crippen LogP) is 1.55. The van der Waals surface area contributed by atoms with E-state index in [-0.39, 0.29) is 23.5 Å². The summed E-state index contributed by atoms with van der Waals surface area (Å²) in [6.07, 6.45) is 4.41. The molecule has 1 aromatic rings. The van der Waals surface area contributed by atoms with Crippen molar-refractivity contribution in [1.82, 2.24) is 5.01 Å². The molecule has 1 N–H and O–H groups in total. The second kappa shape index (κ2) is 4.26. The second-order valence-electron chi connectivity index (χ2n) is 6.88. The number of aliphatic hydroxyl groups is 1. The summed E-state index contributed by atoms with van der Waals surface area (Å²) in [7, 11) is 1.64. The largest absolute Gasteiger partial charge is 0.493 e. The summed E-state index contributed by atoms with van der Waals surface area (Å²) in [6.45, 7) is 0.598. The van der Waals surface area contributed by atoms with Crippen LogP contribution in [0.5, 0.6) is 11.5 Å². The Bertz CT molecular complexity index is 734. The molecular formula is C17H18N2O4. The van der Waals surface area contributed by atoms with E-state index >= 15 is 0 Å². The van der Waals surface area contributed by atoms with Gasteiger partial charge in [0.05, 0.1) is 18.4 Å². The number of nitrogens with zero attached hydrogens (tertiary/aromatic N) is 2. The van der Waals surface area contributed by atoms with Gasteiger partial charge >= 0.3 is 0 Å². The molecule has 2 bridgehead atoms. The highest BCUT2D eigenvalue weighted by molar-refractivity contribution is 5.62. The van der Waals surface area contributed by atoms with E-state index in [1.807, 2.05) is 6.07 Å². The fourth-order valence-corrected chi connectivity index (χ4v) is 5.29. The molecule has 0 aromatic heterocycles. The number of aliphatic hydroxyl groups excluding tert-OH is 1. The summed E-state index contributed by atoms with van der Waals surface area (Å²) in [5.74, 6) is 1.62. The molecule has 2 aliphatic heterocycles. The van der Waals surface area contributed by atoms with Gasteiger partial charge in [0.1, 0.15) is 12.2 Å². The highest BCUT2D eigenvalue weighted by Crippen LogP contribution is 2.62. The topological polar surface area (TPSA) is 71.4 Å². The summed E-state index contributed by atoms with van der Waals surface area (Å²) >= 11 is 0. The van der Waals surface area contributed by atoms with Crippen LogP contribution < -0.4 is 9.47 Å². The molecule has 23 heavy (non-hydrogen) atoms. The molecule has 2 aliphatic carbocycles. The van der Waals surface area contributed by atoms with Gasteiger partial charge in [0.15, 0.2) is 11.5 Å². The van der Waals surface area contributed by atoms with Gasteiger partial charge < -0.3 is 14.6 Å². The Hall–Kier alpha value is -2.08. The molecule has 5 atom stereocenters. The summed E-state index contributed by atoms with van der Waals surface area (Å²) in [4.78, 5) is 11.3. The van der Waals surface area contributed by atoms with Crippen LogP contribution in [-0.2, 0) is 11.8 Å². The minimum atomic E-state index is -0.648. The first-order chi connectivity index (χ1) is 11.2. The predicted molar refractivity (Wildman–Crippen MR) is 82.3 cm³/mol. The van der Waals surface area contributed by atoms with Crippen LogP contribution in [0.4, 0.5) is 0 Å². The van der Waals surface area contributed by atoms with E-state index < -0.39 is 6.10 Å². The van der Waals surface area contributed by atoms with Gasteiger partial charge in [-0.05, 0) is 24.5 Å². The van der Waals surface area contributed by atoms with Gasteiger partial charge in [-0.1, -0.05) is 18.2 Å². The lowest BCUT2D eigenvalue weighted by atomic mass is 9.53. The number of nitroso groups, excluding NO2 is 1. The number of piperidine rings is 1. The van der Waals surface area contributed by atoms with E-state index in [0.29, 0.717) is 12.3 Å². The van der Waals surface area contributed by atoms with Crippen molar-refractivity contribution in [3.63, 3.8) is 0 Å². The Labute approximate surface area is 133 Å². The zero-order valence-corrected chi connectivity index (χ0v) is 12.8. The average Bonchev–Trinajstić information content (AvgIpc) is 2.91. The Morgan fingerprint density at radius 3 is 3.09 bits per heavy atom. The van der Waals surface area contributed by atoms with Crippen LogP contribution in [0.25, 0.3) is 0 Å². The maximum atomic E-state index is 11.3. The molecule has 0 amide bonds. The lowest BCUT2D eigenvalue weighted by Crippen LogP contribution is -2.64. The third-order valence-corrected chi connectivity index (χ3v) is 6.15. The molecule has 0 radical (unpaired) electrons. The molecule has 1 aromatic carbocycles. The number of rotatable bonds is 2. The average molecular weight is 314 g/mol. The van der Waals surface area contributed by atoms with Crippen LogP contribution in [0.1, 0.15) is 17.5 Å². The maximum absolute atomic E-state index is 11.3. The van der Waals surface area contributed by atoms with Crippen molar-refractivity contribution in [2.45, 2.75) is 36.5 Å². The van der Waals surface area contributed by atoms with Gasteiger partial charge in [-0.15, -0.1) is 4.91 Å². The van der Waals surface area contributed by atoms with E-state index in [1.165, 1.54) is 11.1 Å². The zero-order valence-electron chi connectivity index (χ0n) is 12.8. The number of hydrogen-bond acceptors (Lipinski definition) is 5. The molecule has 120 valence electrons. The SMILES string of the molecule is COc1ccc2c3c1OC1C(O)C=C[C@H]4[C@@H](C2)N(N=O)CC[C@]314. The van der Waals surface area contributed by atoms with Crippen molar-refractivity contribution in [3.05, 3.63) is 40.3 Å². The van der Waals surface area contributed by atoms with Crippen LogP contribution in [0.2, 0.25) is 0 Å². The van der Waals surface area contributed by atoms with E-state index in [1.54, 1.807) is 18.2 Å². The van der Waals surface area contributed by atoms with E-state index in [9.17, 15) is 10.0 Å². The summed E-state index contributed by atoms with van der Waals surface area (Å²) in [5.41, 5.74) is 2.08. The molecular weight excluding hydrogens is 296 g/mol. The van der Waals surface area contributed by atoms with Crippen LogP contribution >= 0.6 is 0 Å². The summed E-state index contributed by atoms with van der Waals surface area (Å²) in [6, 6.07) is 4.01. The molecule has 6 nitrogen and oxygen atoms in total. The van der Waals surface area contributed by atoms with Gasteiger partial charge in [0.25, 0.3) is 0 Å². The molecule has 2 heterocycles. The molecule has 6 heteroatoms. The number of hydrogen-bond donors (Lipinski definition) is 1. The standard InChI is InChI=1S/C17H18N2O4/c1-22-13-5-2-9-8-11-10-3-4-12(20)16-17(10,6-7-19(11)18-21)14(9)15(13)23-16/h2-5,10-12,16,20H,6-8H2,1H3/t10-,11+,12?,16?,17-/m0/s1. The van der Waals surface area contributed by atoms with Crippen LogP contribution in [-0.4, -0.2) is 42.0 Å². The van der Waals surface area contributed by atoms with Crippen molar-refractivity contribution < 1.29 is 14.6 Å². The van der Waals surface area contributed by atoms with E-state index in [0.717, 1.165) is 18.6 Å². The third-order valence-electron chi connectivity index (χ3n) is 6.15. The first-order valence-corrected chi connectivity index (χ1v) is 8.04. The maximum Gasteiger partial charge on any atom is 0.165 e. The molecule has 1 fully saturated rings. The minimum absolute atomic E-state index is 0.0305. The Morgan fingerprint density at radius 2 is 2.30 bits per heavy atom. The molecule has 2 unspecified atom stereocenters. The van der Waals surface area contributed by atoms with Gasteiger partial charge in [-0.2, -0.15) is 0 Å². The second-order valence-corrected chi connectivity index (χ2v) is 6.88. The normalized spacial score (nSPS) is 38.8. The number of methoxy groups -OCH3 is 1. The van der Waals surface area contributed by atoms with Crippen LogP contribution in [0.15, 0.2) is 29.6 Å². The van der Waals surface area contributed by atoms with Crippen LogP contribution in [0.3, 0.4) is 0 Å². The Balaban J connectivity index is 1.80. The van der Waals surface area contributed by atoms with Crippen LogP contribution in [0, 0.1) is 10.8 Å². The van der Waals surface area contributed by atoms with Gasteiger partial charge in [-0.25, -0.2) is 0 Å². The van der Waals surface area contributed by atoms with Gasteiger partial charge in [-0.3, -0.25) is 5.01 Å². The first kappa shape index (κ1) is 13.4. The lowest BCUT2D eigenvalue weighted by molar-refractivity contribution is -0.0517. The van der Waals surface area contributed by atoms with Crippen molar-refractivity contribution >= 4 is 0 Å².